The first kappa shape index (κ1) is 9.86. The zero-order chi connectivity index (χ0) is 7.98. The van der Waals surface area contributed by atoms with Crippen LogP contribution in [0.25, 0.3) is 0 Å². The molecule has 0 radical (unpaired) electrons. The Labute approximate surface area is 59.4 Å². The van der Waals surface area contributed by atoms with Crippen LogP contribution in [0.3, 0.4) is 0 Å². The molecule has 60 valence electrons. The van der Waals surface area contributed by atoms with Crippen molar-refractivity contribution in [1.82, 2.24) is 0 Å². The average Bonchev–Trinajstić information content (AvgIpc) is 1.99. The van der Waals surface area contributed by atoms with E-state index in [1.165, 1.54) is 7.11 Å². The number of hydrogen-bond acceptors (Lipinski definition) is 5. The summed E-state index contributed by atoms with van der Waals surface area (Å²) >= 11 is 0. The predicted octanol–water partition coefficient (Wildman–Crippen LogP) is -2.02. The second-order valence-electron chi connectivity index (χ2n) is 1.71. The van der Waals surface area contributed by atoms with Crippen LogP contribution in [0.1, 0.15) is 0 Å². The van der Waals surface area contributed by atoms with E-state index in [1.807, 2.05) is 0 Å². The van der Waals surface area contributed by atoms with E-state index in [2.05, 4.69) is 9.31 Å². The zero-order valence-corrected chi connectivity index (χ0v) is 5.73. The SMILES string of the molecule is COB(O)OCC(O)CO. The molecular weight excluding hydrogens is 139 g/mol. The summed E-state index contributed by atoms with van der Waals surface area (Å²) in [7, 11) is -0.0723. The summed E-state index contributed by atoms with van der Waals surface area (Å²) in [6, 6.07) is 0. The lowest BCUT2D eigenvalue weighted by Crippen LogP contribution is -2.28. The third-order valence-corrected chi connectivity index (χ3v) is 0.844. The Morgan fingerprint density at radius 1 is 1.60 bits per heavy atom. The van der Waals surface area contributed by atoms with Crippen LogP contribution < -0.4 is 0 Å². The molecule has 0 fully saturated rings. The molecule has 0 aromatic rings. The molecule has 3 N–H and O–H groups in total. The Morgan fingerprint density at radius 2 is 2.20 bits per heavy atom. The summed E-state index contributed by atoms with van der Waals surface area (Å²) < 4.78 is 8.75. The second kappa shape index (κ2) is 5.63. The van der Waals surface area contributed by atoms with Crippen molar-refractivity contribution in [1.29, 1.82) is 0 Å². The van der Waals surface area contributed by atoms with Gasteiger partial charge in [0.2, 0.25) is 0 Å². The fourth-order valence-corrected chi connectivity index (χ4v) is 0.314. The highest BCUT2D eigenvalue weighted by molar-refractivity contribution is 6.34. The average molecular weight is 150 g/mol. The molecule has 5 nitrogen and oxygen atoms in total. The van der Waals surface area contributed by atoms with Gasteiger partial charge in [-0.25, -0.2) is 0 Å². The van der Waals surface area contributed by atoms with Crippen LogP contribution in [-0.4, -0.2) is 49.0 Å². The molecule has 10 heavy (non-hydrogen) atoms. The van der Waals surface area contributed by atoms with Gasteiger partial charge in [-0.1, -0.05) is 0 Å². The highest BCUT2D eigenvalue weighted by Gasteiger charge is 2.14. The quantitative estimate of drug-likeness (QED) is 0.394. The van der Waals surface area contributed by atoms with E-state index in [0.29, 0.717) is 0 Å². The molecule has 0 bridgehead atoms. The van der Waals surface area contributed by atoms with Gasteiger partial charge in [0.15, 0.2) is 0 Å². The Balaban J connectivity index is 3.17. The molecular formula is C4H11BO5. The fraction of sp³-hybridized carbons (Fsp3) is 1.00. The van der Waals surface area contributed by atoms with Gasteiger partial charge in [0, 0.05) is 7.11 Å². The van der Waals surface area contributed by atoms with E-state index in [0.717, 1.165) is 0 Å². The lowest BCUT2D eigenvalue weighted by atomic mass is 10.2. The zero-order valence-electron chi connectivity index (χ0n) is 5.73. The van der Waals surface area contributed by atoms with Crippen LogP contribution in [0, 0.1) is 0 Å². The molecule has 0 aliphatic heterocycles. The monoisotopic (exact) mass is 150 g/mol. The summed E-state index contributed by atoms with van der Waals surface area (Å²) in [5.41, 5.74) is 0. The first-order valence-corrected chi connectivity index (χ1v) is 2.82. The van der Waals surface area contributed by atoms with E-state index in [-0.39, 0.29) is 6.61 Å². The summed E-state index contributed by atoms with van der Waals surface area (Å²) in [6.07, 6.45) is -0.968. The van der Waals surface area contributed by atoms with Gasteiger partial charge in [0.25, 0.3) is 0 Å². The lowest BCUT2D eigenvalue weighted by molar-refractivity contribution is 0.0325. The largest absolute Gasteiger partial charge is 0.636 e. The summed E-state index contributed by atoms with van der Waals surface area (Å²) in [5.74, 6) is 0. The fourth-order valence-electron chi connectivity index (χ4n) is 0.314. The molecule has 0 aliphatic carbocycles. The number of hydrogen-bond donors (Lipinski definition) is 3. The van der Waals surface area contributed by atoms with E-state index >= 15 is 0 Å². The van der Waals surface area contributed by atoms with Crippen LogP contribution in [-0.2, 0) is 9.31 Å². The highest BCUT2D eigenvalue weighted by atomic mass is 16.7. The van der Waals surface area contributed by atoms with Crippen LogP contribution in [0.4, 0.5) is 0 Å². The molecule has 0 aromatic carbocycles. The minimum Gasteiger partial charge on any atom is -0.402 e. The van der Waals surface area contributed by atoms with Crippen molar-refractivity contribution in [2.24, 2.45) is 0 Å². The molecule has 0 aromatic heterocycles. The maximum atomic E-state index is 8.66. The normalized spacial score (nSPS) is 13.2. The third kappa shape index (κ3) is 4.72. The van der Waals surface area contributed by atoms with Gasteiger partial charge in [-0.3, -0.25) is 0 Å². The van der Waals surface area contributed by atoms with E-state index in [1.54, 1.807) is 0 Å². The standard InChI is InChI=1S/C4H11BO5/c1-9-5(8)10-3-4(7)2-6/h4,6-8H,2-3H2,1H3. The van der Waals surface area contributed by atoms with Gasteiger partial charge >= 0.3 is 7.32 Å². The topological polar surface area (TPSA) is 79.2 Å². The Kier molecular flexibility index (Phi) is 5.56. The van der Waals surface area contributed by atoms with Gasteiger partial charge < -0.3 is 24.5 Å². The number of aliphatic hydroxyl groups is 2. The predicted molar refractivity (Wildman–Crippen MR) is 34.0 cm³/mol. The maximum Gasteiger partial charge on any atom is 0.636 e. The van der Waals surface area contributed by atoms with Gasteiger partial charge in [0.05, 0.1) is 19.3 Å². The second-order valence-corrected chi connectivity index (χ2v) is 1.71. The molecule has 0 aliphatic rings. The van der Waals surface area contributed by atoms with Crippen LogP contribution in [0.15, 0.2) is 0 Å². The summed E-state index contributed by atoms with van der Waals surface area (Å²) in [5, 5.41) is 25.5. The molecule has 0 saturated heterocycles. The van der Waals surface area contributed by atoms with Crippen LogP contribution >= 0.6 is 0 Å². The van der Waals surface area contributed by atoms with Gasteiger partial charge in [-0.15, -0.1) is 0 Å². The van der Waals surface area contributed by atoms with Crippen molar-refractivity contribution in [2.75, 3.05) is 20.3 Å². The van der Waals surface area contributed by atoms with E-state index < -0.39 is 20.0 Å². The van der Waals surface area contributed by atoms with Crippen molar-refractivity contribution in [3.05, 3.63) is 0 Å². The maximum absolute atomic E-state index is 8.66. The van der Waals surface area contributed by atoms with E-state index in [4.69, 9.17) is 15.2 Å². The molecule has 1 unspecified atom stereocenters. The first-order chi connectivity index (χ1) is 4.70. The lowest BCUT2D eigenvalue weighted by Gasteiger charge is -2.08. The van der Waals surface area contributed by atoms with Crippen LogP contribution in [0.2, 0.25) is 0 Å². The smallest absolute Gasteiger partial charge is 0.402 e. The Hall–Kier alpha value is -0.135. The Bertz CT molecular complexity index is 70.0. The van der Waals surface area contributed by atoms with Crippen molar-refractivity contribution in [3.8, 4) is 0 Å². The minimum absolute atomic E-state index is 0.147. The summed E-state index contributed by atoms with van der Waals surface area (Å²) in [4.78, 5) is 0. The molecule has 0 saturated carbocycles. The van der Waals surface area contributed by atoms with Crippen molar-refractivity contribution < 1.29 is 24.5 Å². The minimum atomic E-state index is -1.33. The van der Waals surface area contributed by atoms with Crippen LogP contribution in [0.5, 0.6) is 0 Å². The first-order valence-electron chi connectivity index (χ1n) is 2.82. The molecule has 0 rings (SSSR count). The number of aliphatic hydroxyl groups excluding tert-OH is 2. The molecule has 0 heterocycles. The third-order valence-electron chi connectivity index (χ3n) is 0.844. The summed E-state index contributed by atoms with van der Waals surface area (Å²) in [6.45, 7) is -0.540. The molecule has 1 atom stereocenters. The van der Waals surface area contributed by atoms with Gasteiger partial charge in [-0.05, 0) is 0 Å². The van der Waals surface area contributed by atoms with Crippen molar-refractivity contribution in [2.45, 2.75) is 6.10 Å². The highest BCUT2D eigenvalue weighted by Crippen LogP contribution is 1.86. The Morgan fingerprint density at radius 3 is 2.60 bits per heavy atom. The molecule has 6 heteroatoms. The van der Waals surface area contributed by atoms with Gasteiger partial charge in [0.1, 0.15) is 0 Å². The van der Waals surface area contributed by atoms with Crippen molar-refractivity contribution >= 4 is 7.32 Å². The number of rotatable bonds is 5. The molecule has 0 amide bonds. The van der Waals surface area contributed by atoms with E-state index in [9.17, 15) is 0 Å². The molecule has 0 spiro atoms. The van der Waals surface area contributed by atoms with Crippen molar-refractivity contribution in [3.63, 3.8) is 0 Å². The van der Waals surface area contributed by atoms with Gasteiger partial charge in [-0.2, -0.15) is 0 Å².